The topological polar surface area (TPSA) is 63.6 Å². The van der Waals surface area contributed by atoms with Crippen molar-refractivity contribution in [3.8, 4) is 0 Å². The molecule has 1 heterocycles. The zero-order valence-electron chi connectivity index (χ0n) is 14.3. The Hall–Kier alpha value is -2.11. The second-order valence-corrected chi connectivity index (χ2v) is 6.30. The van der Waals surface area contributed by atoms with Crippen LogP contribution < -0.4 is 5.32 Å². The highest BCUT2D eigenvalue weighted by Gasteiger charge is 2.12. The predicted octanol–water partition coefficient (Wildman–Crippen LogP) is 4.77. The van der Waals surface area contributed by atoms with Crippen LogP contribution in [0, 0.1) is 13.8 Å². The van der Waals surface area contributed by atoms with E-state index in [-0.39, 0.29) is 12.3 Å². The SMILES string of the molecule is CO/N=C(/CCC(=O)Nc1c(C)ccnc1C)c1ccc(Cl)c(Cl)c1. The van der Waals surface area contributed by atoms with E-state index in [2.05, 4.69) is 15.5 Å². The summed E-state index contributed by atoms with van der Waals surface area (Å²) in [5.41, 5.74) is 3.88. The van der Waals surface area contributed by atoms with Crippen molar-refractivity contribution in [2.24, 2.45) is 5.16 Å². The summed E-state index contributed by atoms with van der Waals surface area (Å²) in [6, 6.07) is 7.04. The van der Waals surface area contributed by atoms with Gasteiger partial charge in [-0.3, -0.25) is 9.78 Å². The molecule has 0 aliphatic heterocycles. The molecule has 0 spiro atoms. The Morgan fingerprint density at radius 3 is 2.60 bits per heavy atom. The minimum atomic E-state index is -0.122. The number of aryl methyl sites for hydroxylation is 2. The maximum Gasteiger partial charge on any atom is 0.224 e. The van der Waals surface area contributed by atoms with Crippen LogP contribution in [0.2, 0.25) is 10.0 Å². The van der Waals surface area contributed by atoms with E-state index in [4.69, 9.17) is 28.0 Å². The van der Waals surface area contributed by atoms with Gasteiger partial charge in [0.25, 0.3) is 0 Å². The first kappa shape index (κ1) is 19.2. The lowest BCUT2D eigenvalue weighted by Crippen LogP contribution is -2.16. The van der Waals surface area contributed by atoms with Crippen molar-refractivity contribution < 1.29 is 9.63 Å². The molecule has 0 bridgehead atoms. The average Bonchev–Trinajstić information content (AvgIpc) is 2.57. The quantitative estimate of drug-likeness (QED) is 0.580. The lowest BCUT2D eigenvalue weighted by atomic mass is 10.1. The molecule has 1 N–H and O–H groups in total. The van der Waals surface area contributed by atoms with Crippen LogP contribution >= 0.6 is 23.2 Å². The first-order chi connectivity index (χ1) is 11.9. The molecule has 0 atom stereocenters. The van der Waals surface area contributed by atoms with Gasteiger partial charge >= 0.3 is 0 Å². The molecule has 5 nitrogen and oxygen atoms in total. The minimum Gasteiger partial charge on any atom is -0.399 e. The highest BCUT2D eigenvalue weighted by Crippen LogP contribution is 2.24. The van der Waals surface area contributed by atoms with Crippen LogP contribution in [-0.4, -0.2) is 23.7 Å². The van der Waals surface area contributed by atoms with Crippen LogP contribution in [0.3, 0.4) is 0 Å². The first-order valence-corrected chi connectivity index (χ1v) is 8.45. The van der Waals surface area contributed by atoms with Crippen molar-refractivity contribution in [2.45, 2.75) is 26.7 Å². The highest BCUT2D eigenvalue weighted by molar-refractivity contribution is 6.42. The Morgan fingerprint density at radius 2 is 1.96 bits per heavy atom. The molecule has 0 aliphatic carbocycles. The van der Waals surface area contributed by atoms with Gasteiger partial charge in [-0.15, -0.1) is 0 Å². The van der Waals surface area contributed by atoms with Crippen molar-refractivity contribution in [3.05, 3.63) is 57.3 Å². The van der Waals surface area contributed by atoms with Gasteiger partial charge in [0.05, 0.1) is 27.1 Å². The molecule has 2 aromatic rings. The molecule has 2 rings (SSSR count). The molecule has 0 aliphatic rings. The van der Waals surface area contributed by atoms with Crippen LogP contribution in [0.1, 0.15) is 29.7 Å². The maximum absolute atomic E-state index is 12.3. The molecule has 1 amide bonds. The molecule has 132 valence electrons. The zero-order chi connectivity index (χ0) is 18.4. The fourth-order valence-electron chi connectivity index (χ4n) is 2.35. The second-order valence-electron chi connectivity index (χ2n) is 5.49. The van der Waals surface area contributed by atoms with E-state index in [0.29, 0.717) is 22.2 Å². The molecule has 1 aromatic heterocycles. The summed E-state index contributed by atoms with van der Waals surface area (Å²) in [6.45, 7) is 3.79. The normalized spacial score (nSPS) is 11.3. The van der Waals surface area contributed by atoms with E-state index in [1.807, 2.05) is 19.9 Å². The van der Waals surface area contributed by atoms with Gasteiger partial charge in [0.2, 0.25) is 5.91 Å². The number of carbonyl (C=O) groups is 1. The Kier molecular flexibility index (Phi) is 6.79. The van der Waals surface area contributed by atoms with Crippen molar-refractivity contribution in [3.63, 3.8) is 0 Å². The van der Waals surface area contributed by atoms with Crippen LogP contribution in [0.5, 0.6) is 0 Å². The summed E-state index contributed by atoms with van der Waals surface area (Å²) in [6.07, 6.45) is 2.36. The van der Waals surface area contributed by atoms with E-state index in [0.717, 1.165) is 22.5 Å². The summed E-state index contributed by atoms with van der Waals surface area (Å²) < 4.78 is 0. The van der Waals surface area contributed by atoms with Crippen molar-refractivity contribution in [2.75, 3.05) is 12.4 Å². The second kappa shape index (κ2) is 8.83. The third kappa shape index (κ3) is 5.18. The van der Waals surface area contributed by atoms with Gasteiger partial charge in [0.1, 0.15) is 7.11 Å². The number of benzene rings is 1. The largest absolute Gasteiger partial charge is 0.399 e. The van der Waals surface area contributed by atoms with E-state index in [1.54, 1.807) is 24.4 Å². The molecular formula is C18H19Cl2N3O2. The van der Waals surface area contributed by atoms with E-state index in [9.17, 15) is 4.79 Å². The number of aromatic nitrogens is 1. The van der Waals surface area contributed by atoms with E-state index < -0.39 is 0 Å². The molecule has 0 unspecified atom stereocenters. The highest BCUT2D eigenvalue weighted by atomic mass is 35.5. The van der Waals surface area contributed by atoms with Crippen LogP contribution in [0.15, 0.2) is 35.6 Å². The molecule has 0 saturated heterocycles. The van der Waals surface area contributed by atoms with Gasteiger partial charge in [-0.05, 0) is 37.6 Å². The minimum absolute atomic E-state index is 0.122. The lowest BCUT2D eigenvalue weighted by Gasteiger charge is -2.11. The van der Waals surface area contributed by atoms with E-state index >= 15 is 0 Å². The Labute approximate surface area is 157 Å². The number of nitrogens with zero attached hydrogens (tertiary/aromatic N) is 2. The monoisotopic (exact) mass is 379 g/mol. The fourth-order valence-corrected chi connectivity index (χ4v) is 2.64. The van der Waals surface area contributed by atoms with Gasteiger partial charge < -0.3 is 10.2 Å². The first-order valence-electron chi connectivity index (χ1n) is 7.70. The standard InChI is InChI=1S/C18H19Cl2N3O2/c1-11-8-9-21-12(2)18(11)22-17(24)7-6-16(23-25-3)13-4-5-14(19)15(20)10-13/h4-5,8-10H,6-7H2,1-3H3,(H,22,24)/b23-16-. The Morgan fingerprint density at radius 1 is 1.20 bits per heavy atom. The molecule has 25 heavy (non-hydrogen) atoms. The van der Waals surface area contributed by atoms with Gasteiger partial charge in [-0.25, -0.2) is 0 Å². The van der Waals surface area contributed by atoms with Crippen LogP contribution in [0.25, 0.3) is 0 Å². The van der Waals surface area contributed by atoms with Gasteiger partial charge in [0.15, 0.2) is 0 Å². The molecule has 7 heteroatoms. The summed E-state index contributed by atoms with van der Waals surface area (Å²) in [7, 11) is 1.46. The number of nitrogens with one attached hydrogen (secondary N) is 1. The maximum atomic E-state index is 12.3. The van der Waals surface area contributed by atoms with Crippen molar-refractivity contribution in [1.29, 1.82) is 0 Å². The summed E-state index contributed by atoms with van der Waals surface area (Å²) in [5, 5.41) is 7.79. The third-order valence-corrected chi connectivity index (χ3v) is 4.40. The number of rotatable bonds is 6. The Bertz CT molecular complexity index is 787. The number of pyridine rings is 1. The number of anilines is 1. The van der Waals surface area contributed by atoms with Crippen molar-refractivity contribution >= 4 is 40.5 Å². The van der Waals surface area contributed by atoms with E-state index in [1.165, 1.54) is 7.11 Å². The summed E-state index contributed by atoms with van der Waals surface area (Å²) in [5.74, 6) is -0.122. The predicted molar refractivity (Wildman–Crippen MR) is 102 cm³/mol. The van der Waals surface area contributed by atoms with Gasteiger partial charge in [-0.1, -0.05) is 34.4 Å². The van der Waals surface area contributed by atoms with Gasteiger partial charge in [-0.2, -0.15) is 0 Å². The number of oxime groups is 1. The summed E-state index contributed by atoms with van der Waals surface area (Å²) in [4.78, 5) is 21.4. The third-order valence-electron chi connectivity index (χ3n) is 3.66. The molecule has 0 fully saturated rings. The molecule has 0 saturated carbocycles. The average molecular weight is 380 g/mol. The molecule has 1 aromatic carbocycles. The number of hydrogen-bond acceptors (Lipinski definition) is 4. The number of amides is 1. The molecule has 0 radical (unpaired) electrons. The smallest absolute Gasteiger partial charge is 0.224 e. The van der Waals surface area contributed by atoms with Crippen LogP contribution in [0.4, 0.5) is 5.69 Å². The number of halogens is 2. The number of carbonyl (C=O) groups excluding carboxylic acids is 1. The summed E-state index contributed by atoms with van der Waals surface area (Å²) >= 11 is 12.0. The van der Waals surface area contributed by atoms with Crippen LogP contribution in [-0.2, 0) is 9.63 Å². The van der Waals surface area contributed by atoms with Crippen molar-refractivity contribution in [1.82, 2.24) is 4.98 Å². The number of hydrogen-bond donors (Lipinski definition) is 1. The zero-order valence-corrected chi connectivity index (χ0v) is 15.8. The van der Waals surface area contributed by atoms with Gasteiger partial charge in [0, 0.05) is 24.6 Å². The Balaban J connectivity index is 2.07. The molecular weight excluding hydrogens is 361 g/mol. The lowest BCUT2D eigenvalue weighted by molar-refractivity contribution is -0.116. The fraction of sp³-hybridized carbons (Fsp3) is 0.278.